The number of carboxylic acid groups (broad SMARTS) is 1. The number of hydrogen-bond donors (Lipinski definition) is 1. The predicted molar refractivity (Wildman–Crippen MR) is 72.3 cm³/mol. The first-order valence-corrected chi connectivity index (χ1v) is 6.33. The molecule has 0 aromatic heterocycles. The Morgan fingerprint density at radius 1 is 1.60 bits per heavy atom. The van der Waals surface area contributed by atoms with Crippen molar-refractivity contribution in [2.45, 2.75) is 18.9 Å². The van der Waals surface area contributed by atoms with Crippen LogP contribution in [0.1, 0.15) is 23.2 Å². The zero-order valence-electron chi connectivity index (χ0n) is 11.1. The van der Waals surface area contributed by atoms with Crippen molar-refractivity contribution in [2.24, 2.45) is 0 Å². The number of ether oxygens (including phenoxy) is 1. The van der Waals surface area contributed by atoms with Gasteiger partial charge in [0.2, 0.25) is 0 Å². The van der Waals surface area contributed by atoms with E-state index in [0.29, 0.717) is 12.2 Å². The van der Waals surface area contributed by atoms with E-state index in [9.17, 15) is 14.9 Å². The lowest BCUT2D eigenvalue weighted by Crippen LogP contribution is -2.28. The number of nitro groups is 1. The van der Waals surface area contributed by atoms with Gasteiger partial charge in [-0.05, 0) is 25.0 Å². The molecule has 0 bridgehead atoms. The molecule has 1 fully saturated rings. The number of rotatable bonds is 5. The number of nitrogens with zero attached hydrogens (tertiary/aromatic N) is 2. The van der Waals surface area contributed by atoms with Crippen molar-refractivity contribution in [1.82, 2.24) is 0 Å². The van der Waals surface area contributed by atoms with Gasteiger partial charge in [-0.2, -0.15) is 0 Å². The molecule has 1 saturated heterocycles. The molecule has 108 valence electrons. The molecule has 20 heavy (non-hydrogen) atoms. The zero-order chi connectivity index (χ0) is 14.7. The Labute approximate surface area is 115 Å². The molecule has 1 unspecified atom stereocenters. The monoisotopic (exact) mass is 280 g/mol. The number of anilines is 1. The van der Waals surface area contributed by atoms with E-state index in [2.05, 4.69) is 0 Å². The molecule has 1 heterocycles. The second-order valence-electron chi connectivity index (χ2n) is 4.78. The molecular weight excluding hydrogens is 264 g/mol. The van der Waals surface area contributed by atoms with Crippen LogP contribution in [-0.2, 0) is 4.74 Å². The Morgan fingerprint density at radius 3 is 2.90 bits per heavy atom. The number of carboxylic acids is 1. The minimum atomic E-state index is -1.30. The first-order valence-electron chi connectivity index (χ1n) is 6.33. The summed E-state index contributed by atoms with van der Waals surface area (Å²) in [6.45, 7) is 1.38. The van der Waals surface area contributed by atoms with Gasteiger partial charge < -0.3 is 14.7 Å². The lowest BCUT2D eigenvalue weighted by Gasteiger charge is -2.22. The van der Waals surface area contributed by atoms with Crippen LogP contribution in [0.3, 0.4) is 0 Å². The van der Waals surface area contributed by atoms with Gasteiger partial charge in [0.25, 0.3) is 5.69 Å². The minimum absolute atomic E-state index is 0.123. The maximum absolute atomic E-state index is 10.9. The van der Waals surface area contributed by atoms with Gasteiger partial charge in [0, 0.05) is 32.0 Å². The van der Waals surface area contributed by atoms with E-state index in [4.69, 9.17) is 9.84 Å². The van der Waals surface area contributed by atoms with Gasteiger partial charge in [0.05, 0.1) is 11.0 Å². The van der Waals surface area contributed by atoms with E-state index in [1.54, 1.807) is 13.1 Å². The molecule has 1 atom stereocenters. The molecular formula is C13H16N2O5. The fourth-order valence-electron chi connectivity index (χ4n) is 2.29. The van der Waals surface area contributed by atoms with Crippen LogP contribution >= 0.6 is 0 Å². The quantitative estimate of drug-likeness (QED) is 0.654. The van der Waals surface area contributed by atoms with E-state index < -0.39 is 16.6 Å². The highest BCUT2D eigenvalue weighted by molar-refractivity contribution is 5.93. The largest absolute Gasteiger partial charge is 0.477 e. The Bertz CT molecular complexity index is 525. The number of benzene rings is 1. The van der Waals surface area contributed by atoms with E-state index in [0.717, 1.165) is 19.4 Å². The van der Waals surface area contributed by atoms with Crippen LogP contribution < -0.4 is 4.90 Å². The van der Waals surface area contributed by atoms with Crippen molar-refractivity contribution in [3.05, 3.63) is 33.9 Å². The Kier molecular flexibility index (Phi) is 4.19. The van der Waals surface area contributed by atoms with Gasteiger partial charge in [-0.1, -0.05) is 0 Å². The van der Waals surface area contributed by atoms with Crippen molar-refractivity contribution in [3.8, 4) is 0 Å². The highest BCUT2D eigenvalue weighted by Crippen LogP contribution is 2.26. The molecule has 0 aliphatic carbocycles. The third-order valence-electron chi connectivity index (χ3n) is 3.35. The van der Waals surface area contributed by atoms with Gasteiger partial charge in [-0.3, -0.25) is 10.1 Å². The van der Waals surface area contributed by atoms with Crippen LogP contribution in [-0.4, -0.2) is 42.3 Å². The van der Waals surface area contributed by atoms with Crippen LogP contribution in [0.25, 0.3) is 0 Å². The molecule has 1 aromatic carbocycles. The van der Waals surface area contributed by atoms with Crippen molar-refractivity contribution in [1.29, 1.82) is 0 Å². The lowest BCUT2D eigenvalue weighted by atomic mass is 10.1. The van der Waals surface area contributed by atoms with Crippen LogP contribution in [0.4, 0.5) is 11.4 Å². The number of hydrogen-bond acceptors (Lipinski definition) is 5. The van der Waals surface area contributed by atoms with Crippen LogP contribution in [0, 0.1) is 10.1 Å². The summed E-state index contributed by atoms with van der Waals surface area (Å²) in [5.74, 6) is -1.30. The van der Waals surface area contributed by atoms with Crippen molar-refractivity contribution >= 4 is 17.3 Å². The standard InChI is InChI=1S/C13H16N2O5/c1-14(8-10-3-2-6-20-10)9-4-5-11(13(16)17)12(7-9)15(18)19/h4-5,7,10H,2-3,6,8H2,1H3,(H,16,17). The molecule has 7 heteroatoms. The smallest absolute Gasteiger partial charge is 0.342 e. The average Bonchev–Trinajstić information content (AvgIpc) is 2.90. The topological polar surface area (TPSA) is 92.9 Å². The average molecular weight is 280 g/mol. The number of carbonyl (C=O) groups is 1. The maximum atomic E-state index is 10.9. The summed E-state index contributed by atoms with van der Waals surface area (Å²) in [7, 11) is 1.81. The summed E-state index contributed by atoms with van der Waals surface area (Å²) in [4.78, 5) is 23.1. The second-order valence-corrected chi connectivity index (χ2v) is 4.78. The molecule has 1 aliphatic rings. The minimum Gasteiger partial charge on any atom is -0.477 e. The molecule has 0 spiro atoms. The molecule has 2 rings (SSSR count). The van der Waals surface area contributed by atoms with Crippen molar-refractivity contribution in [3.63, 3.8) is 0 Å². The summed E-state index contributed by atoms with van der Waals surface area (Å²) in [6, 6.07) is 4.13. The molecule has 1 aliphatic heterocycles. The summed E-state index contributed by atoms with van der Waals surface area (Å²) in [5.41, 5.74) is -0.0874. The normalized spacial score (nSPS) is 17.9. The van der Waals surface area contributed by atoms with E-state index in [-0.39, 0.29) is 11.7 Å². The van der Waals surface area contributed by atoms with Crippen molar-refractivity contribution < 1.29 is 19.6 Å². The number of aromatic carboxylic acids is 1. The van der Waals surface area contributed by atoms with Gasteiger partial charge in [-0.15, -0.1) is 0 Å². The Morgan fingerprint density at radius 2 is 2.35 bits per heavy atom. The third-order valence-corrected chi connectivity index (χ3v) is 3.35. The van der Waals surface area contributed by atoms with Crippen LogP contribution in [0.2, 0.25) is 0 Å². The zero-order valence-corrected chi connectivity index (χ0v) is 11.1. The summed E-state index contributed by atoms with van der Waals surface area (Å²) in [5, 5.41) is 19.9. The first kappa shape index (κ1) is 14.3. The van der Waals surface area contributed by atoms with Crippen LogP contribution in [0.15, 0.2) is 18.2 Å². The fourth-order valence-corrected chi connectivity index (χ4v) is 2.29. The van der Waals surface area contributed by atoms with E-state index in [1.165, 1.54) is 12.1 Å². The number of likely N-dealkylation sites (N-methyl/N-ethyl adjacent to an activating group) is 1. The summed E-state index contributed by atoms with van der Waals surface area (Å²) >= 11 is 0. The van der Waals surface area contributed by atoms with Crippen molar-refractivity contribution in [2.75, 3.05) is 25.1 Å². The molecule has 0 radical (unpaired) electrons. The number of nitro benzene ring substituents is 1. The summed E-state index contributed by atoms with van der Waals surface area (Å²) in [6.07, 6.45) is 2.12. The SMILES string of the molecule is CN(CC1CCCO1)c1ccc(C(=O)O)c([N+](=O)[O-])c1. The molecule has 1 N–H and O–H groups in total. The molecule has 0 saturated carbocycles. The van der Waals surface area contributed by atoms with Crippen LogP contribution in [0.5, 0.6) is 0 Å². The maximum Gasteiger partial charge on any atom is 0.342 e. The Balaban J connectivity index is 2.21. The van der Waals surface area contributed by atoms with Gasteiger partial charge in [0.1, 0.15) is 5.56 Å². The van der Waals surface area contributed by atoms with Gasteiger partial charge in [0.15, 0.2) is 0 Å². The fraction of sp³-hybridized carbons (Fsp3) is 0.462. The lowest BCUT2D eigenvalue weighted by molar-refractivity contribution is -0.385. The highest BCUT2D eigenvalue weighted by Gasteiger charge is 2.22. The van der Waals surface area contributed by atoms with E-state index in [1.807, 2.05) is 4.90 Å². The molecule has 1 aromatic rings. The van der Waals surface area contributed by atoms with E-state index >= 15 is 0 Å². The summed E-state index contributed by atoms with van der Waals surface area (Å²) < 4.78 is 5.52. The molecule has 7 nitrogen and oxygen atoms in total. The van der Waals surface area contributed by atoms with Gasteiger partial charge >= 0.3 is 5.97 Å². The third kappa shape index (κ3) is 3.05. The Hall–Kier alpha value is -2.15. The highest BCUT2D eigenvalue weighted by atomic mass is 16.6. The second kappa shape index (κ2) is 5.87. The predicted octanol–water partition coefficient (Wildman–Crippen LogP) is 1.91. The first-order chi connectivity index (χ1) is 9.49. The molecule has 0 amide bonds. The van der Waals surface area contributed by atoms with Gasteiger partial charge in [-0.25, -0.2) is 4.79 Å².